The third-order valence-electron chi connectivity index (χ3n) is 5.49. The lowest BCUT2D eigenvalue weighted by Gasteiger charge is -2.24. The highest BCUT2D eigenvalue weighted by molar-refractivity contribution is 14.0. The van der Waals surface area contributed by atoms with Crippen molar-refractivity contribution in [2.24, 2.45) is 4.99 Å². The number of halogens is 1. The number of guanidine groups is 1. The van der Waals surface area contributed by atoms with E-state index in [0.717, 1.165) is 31.8 Å². The average Bonchev–Trinajstić information content (AvgIpc) is 3.32. The zero-order valence-electron chi connectivity index (χ0n) is 17.7. The standard InChI is InChI=1S/C21H33N5O2.HI/c1-4-26-11-7-9-17(26)13-22-21(24-15-20(27)25(2)3)23-14-18-12-16-8-5-6-10-19(16)28-18;/h5-6,8,10,17-18H,4,7,9,11-15H2,1-3H3,(H2,22,23,24);1H. The van der Waals surface area contributed by atoms with E-state index in [1.165, 1.54) is 18.4 Å². The first kappa shape index (κ1) is 23.7. The number of rotatable bonds is 7. The molecule has 0 radical (unpaired) electrons. The molecule has 162 valence electrons. The molecule has 8 heteroatoms. The van der Waals surface area contributed by atoms with E-state index >= 15 is 0 Å². The number of aliphatic imine (C=N–C) groups is 1. The highest BCUT2D eigenvalue weighted by Gasteiger charge is 2.24. The number of likely N-dealkylation sites (N-methyl/N-ethyl adjacent to an activating group) is 2. The van der Waals surface area contributed by atoms with Crippen molar-refractivity contribution in [3.8, 4) is 5.75 Å². The van der Waals surface area contributed by atoms with Gasteiger partial charge in [0.05, 0.1) is 6.54 Å². The molecule has 1 aromatic carbocycles. The van der Waals surface area contributed by atoms with Gasteiger partial charge in [0, 0.05) is 33.1 Å². The molecule has 2 N–H and O–H groups in total. The molecule has 0 spiro atoms. The number of carbonyl (C=O) groups excluding carboxylic acids is 1. The third-order valence-corrected chi connectivity index (χ3v) is 5.49. The topological polar surface area (TPSA) is 69.2 Å². The molecule has 2 aliphatic rings. The quantitative estimate of drug-likeness (QED) is 0.329. The number of nitrogens with zero attached hydrogens (tertiary/aromatic N) is 3. The molecule has 0 aromatic heterocycles. The summed E-state index contributed by atoms with van der Waals surface area (Å²) in [5.74, 6) is 1.63. The molecule has 2 aliphatic heterocycles. The number of para-hydroxylation sites is 1. The van der Waals surface area contributed by atoms with Crippen molar-refractivity contribution in [1.82, 2.24) is 20.4 Å². The van der Waals surface area contributed by atoms with Crippen LogP contribution in [0.5, 0.6) is 5.75 Å². The van der Waals surface area contributed by atoms with Crippen LogP contribution in [0, 0.1) is 0 Å². The number of carbonyl (C=O) groups is 1. The lowest BCUT2D eigenvalue weighted by atomic mass is 10.1. The number of fused-ring (bicyclic) bond motifs is 1. The van der Waals surface area contributed by atoms with Gasteiger partial charge in [-0.05, 0) is 37.6 Å². The van der Waals surface area contributed by atoms with Crippen LogP contribution in [0.3, 0.4) is 0 Å². The molecular weight excluding hydrogens is 481 g/mol. The normalized spacial score (nSPS) is 21.1. The SMILES string of the molecule is CCN1CCCC1CNC(=NCC(=O)N(C)C)NCC1Cc2ccccc2O1.I. The Morgan fingerprint density at radius 2 is 2.03 bits per heavy atom. The van der Waals surface area contributed by atoms with E-state index in [1.54, 1.807) is 19.0 Å². The number of ether oxygens (including phenoxy) is 1. The number of hydrogen-bond donors (Lipinski definition) is 2. The second-order valence-corrected chi connectivity index (χ2v) is 7.69. The smallest absolute Gasteiger partial charge is 0.243 e. The van der Waals surface area contributed by atoms with Crippen LogP contribution in [0.15, 0.2) is 29.3 Å². The Bertz CT molecular complexity index is 672. The average molecular weight is 515 g/mol. The second-order valence-electron chi connectivity index (χ2n) is 7.69. The molecule has 2 heterocycles. The van der Waals surface area contributed by atoms with E-state index in [4.69, 9.17) is 4.74 Å². The van der Waals surface area contributed by atoms with Gasteiger partial charge >= 0.3 is 0 Å². The van der Waals surface area contributed by atoms with Crippen molar-refractivity contribution in [2.75, 3.05) is 46.8 Å². The van der Waals surface area contributed by atoms with Crippen molar-refractivity contribution < 1.29 is 9.53 Å². The molecule has 1 aromatic rings. The summed E-state index contributed by atoms with van der Waals surface area (Å²) < 4.78 is 6.00. The fraction of sp³-hybridized carbons (Fsp3) is 0.619. The Morgan fingerprint density at radius 3 is 2.76 bits per heavy atom. The van der Waals surface area contributed by atoms with E-state index in [1.807, 2.05) is 18.2 Å². The summed E-state index contributed by atoms with van der Waals surface area (Å²) in [6.45, 7) is 6.06. The summed E-state index contributed by atoms with van der Waals surface area (Å²) >= 11 is 0. The molecule has 0 saturated carbocycles. The van der Waals surface area contributed by atoms with Crippen LogP contribution < -0.4 is 15.4 Å². The van der Waals surface area contributed by atoms with Gasteiger partial charge in [0.2, 0.25) is 5.91 Å². The van der Waals surface area contributed by atoms with Crippen LogP contribution in [0.1, 0.15) is 25.3 Å². The molecule has 3 rings (SSSR count). The van der Waals surface area contributed by atoms with Gasteiger partial charge in [0.1, 0.15) is 18.4 Å². The summed E-state index contributed by atoms with van der Waals surface area (Å²) in [7, 11) is 3.50. The van der Waals surface area contributed by atoms with Gasteiger partial charge in [-0.2, -0.15) is 0 Å². The fourth-order valence-corrected chi connectivity index (χ4v) is 3.80. The van der Waals surface area contributed by atoms with Crippen LogP contribution in [-0.2, 0) is 11.2 Å². The number of amides is 1. The van der Waals surface area contributed by atoms with Crippen LogP contribution in [0.4, 0.5) is 0 Å². The predicted molar refractivity (Wildman–Crippen MR) is 127 cm³/mol. The minimum Gasteiger partial charge on any atom is -0.488 e. The monoisotopic (exact) mass is 515 g/mol. The predicted octanol–water partition coefficient (Wildman–Crippen LogP) is 1.72. The van der Waals surface area contributed by atoms with Crippen molar-refractivity contribution in [3.63, 3.8) is 0 Å². The largest absolute Gasteiger partial charge is 0.488 e. The molecule has 1 fully saturated rings. The van der Waals surface area contributed by atoms with Gasteiger partial charge in [-0.15, -0.1) is 24.0 Å². The molecule has 7 nitrogen and oxygen atoms in total. The molecule has 0 bridgehead atoms. The second kappa shape index (κ2) is 11.6. The van der Waals surface area contributed by atoms with Gasteiger partial charge in [-0.1, -0.05) is 25.1 Å². The molecule has 1 saturated heterocycles. The van der Waals surface area contributed by atoms with Gasteiger partial charge in [0.25, 0.3) is 0 Å². The van der Waals surface area contributed by atoms with Crippen LogP contribution >= 0.6 is 24.0 Å². The Hall–Kier alpha value is -1.55. The Kier molecular flexibility index (Phi) is 9.48. The lowest BCUT2D eigenvalue weighted by Crippen LogP contribution is -2.47. The maximum absolute atomic E-state index is 11.9. The molecule has 29 heavy (non-hydrogen) atoms. The van der Waals surface area contributed by atoms with Crippen molar-refractivity contribution in [2.45, 2.75) is 38.3 Å². The van der Waals surface area contributed by atoms with Gasteiger partial charge in [0.15, 0.2) is 5.96 Å². The number of likely N-dealkylation sites (tertiary alicyclic amines) is 1. The highest BCUT2D eigenvalue weighted by Crippen LogP contribution is 2.27. The zero-order chi connectivity index (χ0) is 19.9. The minimum atomic E-state index is -0.0123. The summed E-state index contributed by atoms with van der Waals surface area (Å²) in [5.41, 5.74) is 1.24. The summed E-state index contributed by atoms with van der Waals surface area (Å²) in [6, 6.07) is 8.68. The number of nitrogens with one attached hydrogen (secondary N) is 2. The van der Waals surface area contributed by atoms with E-state index in [0.29, 0.717) is 18.5 Å². The summed E-state index contributed by atoms with van der Waals surface area (Å²) in [4.78, 5) is 20.5. The molecule has 2 unspecified atom stereocenters. The maximum Gasteiger partial charge on any atom is 0.243 e. The first-order valence-electron chi connectivity index (χ1n) is 10.3. The zero-order valence-corrected chi connectivity index (χ0v) is 20.0. The Balaban J connectivity index is 0.00000300. The molecular formula is C21H34IN5O2. The molecule has 0 aliphatic carbocycles. The lowest BCUT2D eigenvalue weighted by molar-refractivity contribution is -0.127. The molecule has 2 atom stereocenters. The highest BCUT2D eigenvalue weighted by atomic mass is 127. The van der Waals surface area contributed by atoms with Crippen LogP contribution in [0.25, 0.3) is 0 Å². The van der Waals surface area contributed by atoms with Crippen molar-refractivity contribution >= 4 is 35.8 Å². The summed E-state index contributed by atoms with van der Waals surface area (Å²) in [6.07, 6.45) is 3.41. The van der Waals surface area contributed by atoms with Crippen molar-refractivity contribution in [3.05, 3.63) is 29.8 Å². The van der Waals surface area contributed by atoms with Crippen LogP contribution in [0.2, 0.25) is 0 Å². The third kappa shape index (κ3) is 6.74. The first-order valence-corrected chi connectivity index (χ1v) is 10.3. The minimum absolute atomic E-state index is 0. The van der Waals surface area contributed by atoms with Gasteiger partial charge < -0.3 is 20.3 Å². The van der Waals surface area contributed by atoms with Gasteiger partial charge in [-0.25, -0.2) is 4.99 Å². The first-order chi connectivity index (χ1) is 13.6. The van der Waals surface area contributed by atoms with Crippen LogP contribution in [-0.4, -0.2) is 80.6 Å². The van der Waals surface area contributed by atoms with Crippen molar-refractivity contribution in [1.29, 1.82) is 0 Å². The maximum atomic E-state index is 11.9. The van der Waals surface area contributed by atoms with E-state index in [2.05, 4.69) is 33.5 Å². The Labute approximate surface area is 191 Å². The molecule has 1 amide bonds. The van der Waals surface area contributed by atoms with E-state index < -0.39 is 0 Å². The fourth-order valence-electron chi connectivity index (χ4n) is 3.80. The Morgan fingerprint density at radius 1 is 1.28 bits per heavy atom. The number of hydrogen-bond acceptors (Lipinski definition) is 4. The van der Waals surface area contributed by atoms with Gasteiger partial charge in [-0.3, -0.25) is 9.69 Å². The number of benzene rings is 1. The van der Waals surface area contributed by atoms with E-state index in [9.17, 15) is 4.79 Å². The summed E-state index contributed by atoms with van der Waals surface area (Å²) in [5, 5.41) is 6.81. The van der Waals surface area contributed by atoms with E-state index in [-0.39, 0.29) is 42.5 Å².